The molecule has 160 valence electrons. The maximum absolute atomic E-state index is 5.67. The van der Waals surface area contributed by atoms with Crippen LogP contribution in [0.2, 0.25) is 0 Å². The highest BCUT2D eigenvalue weighted by atomic mass is 32.2. The summed E-state index contributed by atoms with van der Waals surface area (Å²) in [6, 6.07) is 16.5. The Hall–Kier alpha value is -1.56. The largest absolute Gasteiger partial charge is 0.376 e. The molecule has 2 N–H and O–H groups in total. The first kappa shape index (κ1) is 21.7. The Morgan fingerprint density at radius 1 is 1.17 bits per heavy atom. The third-order valence-electron chi connectivity index (χ3n) is 6.09. The highest BCUT2D eigenvalue weighted by Crippen LogP contribution is 2.49. The SMILES string of the molecule is CCCNC(=S)c1ccc2c(c1)N([C@H](C)CC1CCCCCN1)c1ccccc1S2. The van der Waals surface area contributed by atoms with Gasteiger partial charge in [0.2, 0.25) is 0 Å². The molecule has 2 heterocycles. The van der Waals surface area contributed by atoms with E-state index in [1.165, 1.54) is 46.8 Å². The van der Waals surface area contributed by atoms with Gasteiger partial charge in [-0.15, -0.1) is 0 Å². The van der Waals surface area contributed by atoms with Crippen LogP contribution in [-0.2, 0) is 0 Å². The van der Waals surface area contributed by atoms with E-state index in [1.54, 1.807) is 0 Å². The van der Waals surface area contributed by atoms with E-state index in [0.717, 1.165) is 36.5 Å². The van der Waals surface area contributed by atoms with Crippen LogP contribution in [0.1, 0.15) is 57.9 Å². The molecule has 2 aromatic rings. The predicted molar refractivity (Wildman–Crippen MR) is 133 cm³/mol. The van der Waals surface area contributed by atoms with Crippen molar-refractivity contribution in [2.45, 2.75) is 74.2 Å². The number of benzene rings is 2. The van der Waals surface area contributed by atoms with E-state index in [9.17, 15) is 0 Å². The van der Waals surface area contributed by atoms with Gasteiger partial charge in [0.15, 0.2) is 0 Å². The Morgan fingerprint density at radius 3 is 2.87 bits per heavy atom. The number of anilines is 2. The predicted octanol–water partition coefficient (Wildman–Crippen LogP) is 6.28. The van der Waals surface area contributed by atoms with Crippen molar-refractivity contribution in [2.24, 2.45) is 0 Å². The van der Waals surface area contributed by atoms with E-state index >= 15 is 0 Å². The van der Waals surface area contributed by atoms with E-state index in [0.29, 0.717) is 12.1 Å². The Morgan fingerprint density at radius 2 is 2.00 bits per heavy atom. The lowest BCUT2D eigenvalue weighted by Gasteiger charge is -2.39. The van der Waals surface area contributed by atoms with Crippen LogP contribution in [0.3, 0.4) is 0 Å². The van der Waals surface area contributed by atoms with Crippen molar-refractivity contribution in [3.8, 4) is 0 Å². The number of thiocarbonyl (C=S) groups is 1. The highest BCUT2D eigenvalue weighted by Gasteiger charge is 2.29. The van der Waals surface area contributed by atoms with E-state index in [-0.39, 0.29) is 0 Å². The summed E-state index contributed by atoms with van der Waals surface area (Å²) in [7, 11) is 0. The fourth-order valence-electron chi connectivity index (χ4n) is 4.56. The Balaban J connectivity index is 1.65. The van der Waals surface area contributed by atoms with Crippen LogP contribution < -0.4 is 15.5 Å². The Labute approximate surface area is 191 Å². The maximum atomic E-state index is 5.67. The molecule has 2 aliphatic rings. The van der Waals surface area contributed by atoms with Gasteiger partial charge in [0.25, 0.3) is 0 Å². The molecule has 0 radical (unpaired) electrons. The second kappa shape index (κ2) is 10.2. The number of para-hydroxylation sites is 1. The van der Waals surface area contributed by atoms with Gasteiger partial charge in [-0.05, 0) is 63.4 Å². The van der Waals surface area contributed by atoms with Crippen LogP contribution in [0, 0.1) is 0 Å². The Kier molecular flexibility index (Phi) is 7.34. The maximum Gasteiger partial charge on any atom is 0.106 e. The van der Waals surface area contributed by atoms with Gasteiger partial charge in [0, 0.05) is 34.0 Å². The van der Waals surface area contributed by atoms with Gasteiger partial charge in [-0.1, -0.05) is 61.9 Å². The summed E-state index contributed by atoms with van der Waals surface area (Å²) in [5.74, 6) is 0. The molecule has 0 bridgehead atoms. The minimum Gasteiger partial charge on any atom is -0.376 e. The van der Waals surface area contributed by atoms with Crippen LogP contribution in [0.5, 0.6) is 0 Å². The lowest BCUT2D eigenvalue weighted by molar-refractivity contribution is 0.442. The van der Waals surface area contributed by atoms with E-state index in [4.69, 9.17) is 12.2 Å². The number of nitrogens with one attached hydrogen (secondary N) is 2. The number of fused-ring (bicyclic) bond motifs is 2. The Bertz CT molecular complexity index is 874. The minimum atomic E-state index is 0.411. The summed E-state index contributed by atoms with van der Waals surface area (Å²) in [4.78, 5) is 6.06. The van der Waals surface area contributed by atoms with Gasteiger partial charge in [-0.3, -0.25) is 0 Å². The molecule has 2 atom stereocenters. The molecule has 0 amide bonds. The van der Waals surface area contributed by atoms with Gasteiger partial charge >= 0.3 is 0 Å². The zero-order valence-electron chi connectivity index (χ0n) is 18.1. The van der Waals surface area contributed by atoms with Crippen molar-refractivity contribution in [3.63, 3.8) is 0 Å². The molecule has 0 aromatic heterocycles. The van der Waals surface area contributed by atoms with Crippen LogP contribution in [0.25, 0.3) is 0 Å². The van der Waals surface area contributed by atoms with Gasteiger partial charge in [-0.25, -0.2) is 0 Å². The first-order valence-electron chi connectivity index (χ1n) is 11.4. The van der Waals surface area contributed by atoms with E-state index in [2.05, 4.69) is 71.8 Å². The zero-order chi connectivity index (χ0) is 20.9. The third-order valence-corrected chi connectivity index (χ3v) is 7.60. The number of nitrogens with zero attached hydrogens (tertiary/aromatic N) is 1. The molecular weight excluding hydrogens is 406 g/mol. The minimum absolute atomic E-state index is 0.411. The second-order valence-corrected chi connectivity index (χ2v) is 9.96. The molecule has 30 heavy (non-hydrogen) atoms. The smallest absolute Gasteiger partial charge is 0.106 e. The van der Waals surface area contributed by atoms with Crippen LogP contribution in [-0.4, -0.2) is 30.2 Å². The van der Waals surface area contributed by atoms with Gasteiger partial charge in [0.05, 0.1) is 11.4 Å². The second-order valence-electron chi connectivity index (χ2n) is 8.46. The first-order valence-corrected chi connectivity index (χ1v) is 12.6. The number of hydrogen-bond acceptors (Lipinski definition) is 4. The fraction of sp³-hybridized carbons (Fsp3) is 0.480. The molecule has 0 aliphatic carbocycles. The number of hydrogen-bond donors (Lipinski definition) is 2. The standard InChI is InChI=1S/C25H33N3S2/c1-3-14-27-25(29)19-12-13-24-22(17-19)28(21-10-6-7-11-23(21)30-24)18(2)16-20-9-5-4-8-15-26-20/h6-7,10-13,17-18,20,26H,3-5,8-9,14-16H2,1-2H3,(H,27,29)/t18-,20?/m1/s1. The van der Waals surface area contributed by atoms with Crippen LogP contribution in [0.15, 0.2) is 52.3 Å². The molecule has 0 spiro atoms. The van der Waals surface area contributed by atoms with Crippen molar-refractivity contribution < 1.29 is 0 Å². The van der Waals surface area contributed by atoms with Crippen molar-refractivity contribution in [2.75, 3.05) is 18.0 Å². The van der Waals surface area contributed by atoms with Gasteiger partial charge < -0.3 is 15.5 Å². The summed E-state index contributed by atoms with van der Waals surface area (Å²) < 4.78 is 0. The quantitative estimate of drug-likeness (QED) is 0.517. The van der Waals surface area contributed by atoms with Gasteiger partial charge in [0.1, 0.15) is 4.99 Å². The summed E-state index contributed by atoms with van der Waals surface area (Å²) >= 11 is 7.54. The summed E-state index contributed by atoms with van der Waals surface area (Å²) in [6.45, 7) is 6.62. The molecule has 4 rings (SSSR count). The topological polar surface area (TPSA) is 27.3 Å². The molecule has 0 saturated carbocycles. The van der Waals surface area contributed by atoms with Crippen LogP contribution in [0.4, 0.5) is 11.4 Å². The summed E-state index contributed by atoms with van der Waals surface area (Å²) in [6.07, 6.45) is 7.52. The zero-order valence-corrected chi connectivity index (χ0v) is 19.7. The summed E-state index contributed by atoms with van der Waals surface area (Å²) in [5, 5.41) is 7.18. The van der Waals surface area contributed by atoms with E-state index < -0.39 is 0 Å². The van der Waals surface area contributed by atoms with Crippen molar-refractivity contribution in [1.29, 1.82) is 0 Å². The average Bonchev–Trinajstić information content (AvgIpc) is 3.03. The highest BCUT2D eigenvalue weighted by molar-refractivity contribution is 7.99. The monoisotopic (exact) mass is 439 g/mol. The fourth-order valence-corrected chi connectivity index (χ4v) is 5.84. The van der Waals surface area contributed by atoms with Crippen molar-refractivity contribution >= 4 is 40.3 Å². The molecule has 1 saturated heterocycles. The van der Waals surface area contributed by atoms with Crippen molar-refractivity contribution in [1.82, 2.24) is 10.6 Å². The molecule has 5 heteroatoms. The molecule has 3 nitrogen and oxygen atoms in total. The molecule has 1 unspecified atom stereocenters. The molecule has 2 aliphatic heterocycles. The lowest BCUT2D eigenvalue weighted by atomic mass is 10.0. The molecular formula is C25H33N3S2. The molecule has 2 aromatic carbocycles. The summed E-state index contributed by atoms with van der Waals surface area (Å²) in [5.41, 5.74) is 3.72. The van der Waals surface area contributed by atoms with E-state index in [1.807, 2.05) is 11.8 Å². The third kappa shape index (κ3) is 4.84. The first-order chi connectivity index (χ1) is 14.7. The van der Waals surface area contributed by atoms with Gasteiger partial charge in [-0.2, -0.15) is 0 Å². The number of rotatable bonds is 6. The normalized spacial score (nSPS) is 19.4. The van der Waals surface area contributed by atoms with Crippen molar-refractivity contribution in [3.05, 3.63) is 48.0 Å². The van der Waals surface area contributed by atoms with Crippen LogP contribution >= 0.6 is 24.0 Å². The molecule has 1 fully saturated rings. The lowest BCUT2D eigenvalue weighted by Crippen LogP contribution is -2.38. The average molecular weight is 440 g/mol.